The summed E-state index contributed by atoms with van der Waals surface area (Å²) in [6, 6.07) is 16.7. The van der Waals surface area contributed by atoms with Gasteiger partial charge in [0.15, 0.2) is 0 Å². The lowest BCUT2D eigenvalue weighted by Gasteiger charge is -2.36. The molecule has 0 bridgehead atoms. The molecule has 0 radical (unpaired) electrons. The predicted molar refractivity (Wildman–Crippen MR) is 102 cm³/mol. The molecule has 0 fully saturated rings. The maximum atomic E-state index is 13.2. The third-order valence-corrected chi connectivity index (χ3v) is 5.04. The molecule has 1 amide bonds. The number of benzene rings is 2. The molecule has 3 unspecified atom stereocenters. The second-order valence-electron chi connectivity index (χ2n) is 6.63. The van der Waals surface area contributed by atoms with E-state index in [0.717, 1.165) is 16.8 Å². The van der Waals surface area contributed by atoms with Gasteiger partial charge in [-0.2, -0.15) is 5.26 Å². The maximum absolute atomic E-state index is 13.2. The zero-order chi connectivity index (χ0) is 20.5. The number of rotatable bonds is 4. The lowest BCUT2D eigenvalue weighted by molar-refractivity contribution is 0.0848. The van der Waals surface area contributed by atoms with Crippen molar-refractivity contribution in [3.63, 3.8) is 0 Å². The van der Waals surface area contributed by atoms with E-state index in [1.165, 1.54) is 24.3 Å². The highest BCUT2D eigenvalue weighted by Crippen LogP contribution is 2.38. The molecule has 0 aliphatic carbocycles. The highest BCUT2D eigenvalue weighted by atomic mass is 19.1. The molecule has 0 spiro atoms. The first-order valence-corrected chi connectivity index (χ1v) is 8.79. The third kappa shape index (κ3) is 3.56. The fourth-order valence-corrected chi connectivity index (χ4v) is 3.38. The van der Waals surface area contributed by atoms with Crippen molar-refractivity contribution in [2.24, 2.45) is 5.92 Å². The quantitative estimate of drug-likeness (QED) is 0.875. The monoisotopic (exact) mass is 364 g/mol. The van der Waals surface area contributed by atoms with Crippen LogP contribution in [0.1, 0.15) is 44.1 Å². The van der Waals surface area contributed by atoms with E-state index in [-0.39, 0.29) is 11.6 Å². The van der Waals surface area contributed by atoms with Gasteiger partial charge >= 0.3 is 0 Å². The standard InChI is InChI=1S/C22H22FN3O/c1-14-15(2)26(16(3)17-7-5-4-6-8-17)21(20(14)13-24)25-22(27)18-9-11-19(23)12-10-18/h4-12,16,20-21H,1-3H3,(H,25,27)/i21D. The summed E-state index contributed by atoms with van der Waals surface area (Å²) in [6.45, 7) is 5.62. The van der Waals surface area contributed by atoms with Gasteiger partial charge in [0.25, 0.3) is 5.91 Å². The molecule has 1 aliphatic heterocycles. The Morgan fingerprint density at radius 1 is 1.22 bits per heavy atom. The average molecular weight is 364 g/mol. The van der Waals surface area contributed by atoms with Gasteiger partial charge in [0.2, 0.25) is 0 Å². The van der Waals surface area contributed by atoms with Crippen molar-refractivity contribution < 1.29 is 10.6 Å². The van der Waals surface area contributed by atoms with Crippen molar-refractivity contribution in [1.82, 2.24) is 10.2 Å². The fourth-order valence-electron chi connectivity index (χ4n) is 3.38. The topological polar surface area (TPSA) is 56.1 Å². The first kappa shape index (κ1) is 17.3. The van der Waals surface area contributed by atoms with E-state index in [1.807, 2.05) is 51.1 Å². The number of nitrogens with zero attached hydrogens (tertiary/aromatic N) is 2. The normalized spacial score (nSPS) is 23.6. The van der Waals surface area contributed by atoms with Crippen LogP contribution in [0.3, 0.4) is 0 Å². The Morgan fingerprint density at radius 2 is 1.85 bits per heavy atom. The van der Waals surface area contributed by atoms with E-state index in [2.05, 4.69) is 11.4 Å². The number of carbonyl (C=O) groups excluding carboxylic acids is 1. The highest BCUT2D eigenvalue weighted by Gasteiger charge is 2.40. The van der Waals surface area contributed by atoms with Crippen LogP contribution in [0.2, 0.25) is 0 Å². The van der Waals surface area contributed by atoms with Gasteiger partial charge in [0.05, 0.1) is 13.5 Å². The molecule has 138 valence electrons. The molecule has 4 nitrogen and oxygen atoms in total. The second kappa shape index (κ2) is 7.63. The zero-order valence-electron chi connectivity index (χ0n) is 16.5. The average Bonchev–Trinajstić information content (AvgIpc) is 2.87. The van der Waals surface area contributed by atoms with Crippen molar-refractivity contribution >= 4 is 5.91 Å². The minimum Gasteiger partial charge on any atom is -0.347 e. The third-order valence-electron chi connectivity index (χ3n) is 5.04. The number of amides is 1. The van der Waals surface area contributed by atoms with Crippen molar-refractivity contribution in [2.45, 2.75) is 33.0 Å². The number of hydrogen-bond donors (Lipinski definition) is 1. The summed E-state index contributed by atoms with van der Waals surface area (Å²) in [5.74, 6) is -1.80. The molecule has 5 heteroatoms. The van der Waals surface area contributed by atoms with Crippen molar-refractivity contribution in [2.75, 3.05) is 0 Å². The van der Waals surface area contributed by atoms with E-state index in [4.69, 9.17) is 1.37 Å². The van der Waals surface area contributed by atoms with Gasteiger partial charge in [-0.1, -0.05) is 30.3 Å². The largest absolute Gasteiger partial charge is 0.347 e. The minimum absolute atomic E-state index is 0.235. The number of halogens is 1. The minimum atomic E-state index is -1.68. The first-order valence-electron chi connectivity index (χ1n) is 9.29. The van der Waals surface area contributed by atoms with Crippen molar-refractivity contribution in [3.05, 3.63) is 82.8 Å². The summed E-state index contributed by atoms with van der Waals surface area (Å²) in [5, 5.41) is 12.5. The van der Waals surface area contributed by atoms with Crippen LogP contribution < -0.4 is 5.32 Å². The fraction of sp³-hybridized carbons (Fsp3) is 0.273. The molecule has 1 N–H and O–H groups in total. The molecule has 3 atom stereocenters. The molecule has 2 aromatic carbocycles. The Morgan fingerprint density at radius 3 is 2.44 bits per heavy atom. The number of carbonyl (C=O) groups is 1. The molecular formula is C22H22FN3O. The van der Waals surface area contributed by atoms with Crippen LogP contribution in [-0.4, -0.2) is 16.9 Å². The molecule has 3 rings (SSSR count). The van der Waals surface area contributed by atoms with E-state index in [9.17, 15) is 14.4 Å². The molecule has 0 saturated heterocycles. The molecule has 0 aromatic heterocycles. The van der Waals surface area contributed by atoms with Crippen molar-refractivity contribution in [1.29, 1.82) is 5.26 Å². The summed E-state index contributed by atoms with van der Waals surface area (Å²) in [5.41, 5.74) is 2.75. The zero-order valence-corrected chi connectivity index (χ0v) is 15.5. The SMILES string of the molecule is [2H]C1(NC(=O)c2ccc(F)cc2)C(C#N)C(C)=C(C)N1C(C)c1ccccc1. The Labute approximate surface area is 160 Å². The molecular weight excluding hydrogens is 341 g/mol. The number of nitrogens with one attached hydrogen (secondary N) is 1. The first-order chi connectivity index (χ1) is 13.3. The van der Waals surface area contributed by atoms with Gasteiger partial charge in [-0.15, -0.1) is 0 Å². The lowest BCUT2D eigenvalue weighted by atomic mass is 10.0. The Hall–Kier alpha value is -3.13. The maximum Gasteiger partial charge on any atom is 0.252 e. The Kier molecular flexibility index (Phi) is 4.88. The van der Waals surface area contributed by atoms with Crippen LogP contribution >= 0.6 is 0 Å². The predicted octanol–water partition coefficient (Wildman–Crippen LogP) is 4.39. The number of allylic oxidation sites excluding steroid dienone is 1. The van der Waals surface area contributed by atoms with Gasteiger partial charge in [-0.3, -0.25) is 4.79 Å². The number of nitriles is 1. The van der Waals surface area contributed by atoms with Crippen LogP contribution in [0.15, 0.2) is 65.9 Å². The van der Waals surface area contributed by atoms with Crippen LogP contribution in [0.4, 0.5) is 4.39 Å². The lowest BCUT2D eigenvalue weighted by Crippen LogP contribution is -2.48. The summed E-state index contributed by atoms with van der Waals surface area (Å²) in [4.78, 5) is 14.6. The van der Waals surface area contributed by atoms with Crippen LogP contribution in [0, 0.1) is 23.1 Å². The van der Waals surface area contributed by atoms with Crippen LogP contribution in [0.5, 0.6) is 0 Å². The van der Waals surface area contributed by atoms with Gasteiger partial charge in [0.1, 0.15) is 17.9 Å². The smallest absolute Gasteiger partial charge is 0.252 e. The second-order valence-corrected chi connectivity index (χ2v) is 6.63. The van der Waals surface area contributed by atoms with Crippen molar-refractivity contribution in [3.8, 4) is 6.07 Å². The molecule has 0 saturated carbocycles. The molecule has 27 heavy (non-hydrogen) atoms. The van der Waals surface area contributed by atoms with Gasteiger partial charge in [-0.05, 0) is 56.2 Å². The van der Waals surface area contributed by atoms with E-state index in [0.29, 0.717) is 0 Å². The van der Waals surface area contributed by atoms with Gasteiger partial charge in [0, 0.05) is 11.3 Å². The van der Waals surface area contributed by atoms with E-state index in [1.54, 1.807) is 4.90 Å². The summed E-state index contributed by atoms with van der Waals surface area (Å²) >= 11 is 0. The summed E-state index contributed by atoms with van der Waals surface area (Å²) in [6.07, 6.45) is -1.68. The van der Waals surface area contributed by atoms with Crippen LogP contribution in [0.25, 0.3) is 0 Å². The van der Waals surface area contributed by atoms with Crippen LogP contribution in [-0.2, 0) is 0 Å². The van der Waals surface area contributed by atoms with E-state index >= 15 is 0 Å². The van der Waals surface area contributed by atoms with Gasteiger partial charge in [-0.25, -0.2) is 4.39 Å². The summed E-state index contributed by atoms with van der Waals surface area (Å²) in [7, 11) is 0. The molecule has 1 aliphatic rings. The van der Waals surface area contributed by atoms with Gasteiger partial charge < -0.3 is 10.2 Å². The molecule has 2 aromatic rings. The Bertz CT molecular complexity index is 952. The summed E-state index contributed by atoms with van der Waals surface area (Å²) < 4.78 is 22.3. The molecule has 1 heterocycles. The van der Waals surface area contributed by atoms with E-state index < -0.39 is 23.8 Å². The Balaban J connectivity index is 2.00. The number of hydrogen-bond acceptors (Lipinski definition) is 3. The highest BCUT2D eigenvalue weighted by molar-refractivity contribution is 5.94.